The van der Waals surface area contributed by atoms with Crippen molar-refractivity contribution in [2.45, 2.75) is 78.9 Å². The van der Waals surface area contributed by atoms with Crippen molar-refractivity contribution in [2.75, 3.05) is 13.2 Å². The maximum Gasteiger partial charge on any atom is 0.0699 e. The van der Waals surface area contributed by atoms with Gasteiger partial charge in [0.25, 0.3) is 0 Å². The second-order valence-electron chi connectivity index (χ2n) is 4.98. The van der Waals surface area contributed by atoms with E-state index in [4.69, 9.17) is 4.74 Å². The molecule has 0 amide bonds. The van der Waals surface area contributed by atoms with Crippen LogP contribution in [0.3, 0.4) is 0 Å². The molecule has 0 aliphatic carbocycles. The first-order chi connectivity index (χ1) is 8.19. The van der Waals surface area contributed by atoms with E-state index in [0.717, 1.165) is 19.1 Å². The largest absolute Gasteiger partial charge is 0.377 e. The van der Waals surface area contributed by atoms with Crippen LogP contribution in [0.25, 0.3) is 0 Å². The van der Waals surface area contributed by atoms with E-state index in [0.29, 0.717) is 12.1 Å². The molecule has 0 aliphatic heterocycles. The second-order valence-corrected chi connectivity index (χ2v) is 4.98. The summed E-state index contributed by atoms with van der Waals surface area (Å²) in [5, 5.41) is 3.58. The molecule has 1 N–H and O–H groups in total. The molecule has 0 heterocycles. The summed E-state index contributed by atoms with van der Waals surface area (Å²) >= 11 is 0. The summed E-state index contributed by atoms with van der Waals surface area (Å²) < 4.78 is 5.74. The number of hydrogen-bond donors (Lipinski definition) is 1. The molecule has 0 aromatic heterocycles. The highest BCUT2D eigenvalue weighted by Gasteiger charge is 2.20. The number of hydrogen-bond acceptors (Lipinski definition) is 2. The molecule has 3 atom stereocenters. The Balaban J connectivity index is 4.17. The third-order valence-electron chi connectivity index (χ3n) is 3.59. The summed E-state index contributed by atoms with van der Waals surface area (Å²) in [5.41, 5.74) is 0. The maximum absolute atomic E-state index is 5.74. The Morgan fingerprint density at radius 2 is 1.82 bits per heavy atom. The van der Waals surface area contributed by atoms with Gasteiger partial charge in [-0.1, -0.05) is 46.5 Å². The molecule has 0 aromatic carbocycles. The van der Waals surface area contributed by atoms with Crippen LogP contribution in [0.5, 0.6) is 0 Å². The third kappa shape index (κ3) is 7.77. The van der Waals surface area contributed by atoms with Gasteiger partial charge in [0.2, 0.25) is 0 Å². The molecule has 0 aromatic rings. The van der Waals surface area contributed by atoms with Crippen molar-refractivity contribution in [3.05, 3.63) is 0 Å². The molecular formula is C15H33NO. The number of unbranched alkanes of at least 4 members (excludes halogenated alkanes) is 1. The van der Waals surface area contributed by atoms with Gasteiger partial charge in [0.05, 0.1) is 6.10 Å². The normalized spacial score (nSPS) is 16.8. The van der Waals surface area contributed by atoms with Crippen LogP contribution in [0.2, 0.25) is 0 Å². The summed E-state index contributed by atoms with van der Waals surface area (Å²) in [5.74, 6) is 0.849. The fraction of sp³-hybridized carbons (Fsp3) is 1.00. The lowest BCUT2D eigenvalue weighted by molar-refractivity contribution is 0.0402. The van der Waals surface area contributed by atoms with E-state index in [1.807, 2.05) is 0 Å². The maximum atomic E-state index is 5.74. The van der Waals surface area contributed by atoms with E-state index in [9.17, 15) is 0 Å². The number of nitrogens with one attached hydrogen (secondary N) is 1. The van der Waals surface area contributed by atoms with Crippen LogP contribution in [0.1, 0.15) is 66.7 Å². The lowest BCUT2D eigenvalue weighted by atomic mass is 9.90. The van der Waals surface area contributed by atoms with E-state index in [1.165, 1.54) is 32.1 Å². The summed E-state index contributed by atoms with van der Waals surface area (Å²) in [6.45, 7) is 12.9. The van der Waals surface area contributed by atoms with Gasteiger partial charge in [-0.05, 0) is 32.7 Å². The molecule has 3 unspecified atom stereocenters. The summed E-state index contributed by atoms with van der Waals surface area (Å²) in [6, 6.07) is 0.516. The van der Waals surface area contributed by atoms with Crippen molar-refractivity contribution in [1.29, 1.82) is 0 Å². The van der Waals surface area contributed by atoms with Gasteiger partial charge in [0.1, 0.15) is 0 Å². The Morgan fingerprint density at radius 3 is 2.29 bits per heavy atom. The predicted molar refractivity (Wildman–Crippen MR) is 76.5 cm³/mol. The second kappa shape index (κ2) is 11.0. The molecule has 0 fully saturated rings. The molecular weight excluding hydrogens is 210 g/mol. The topological polar surface area (TPSA) is 21.3 Å². The number of likely N-dealkylation sites (N-methyl/N-ethyl adjacent to an activating group) is 1. The zero-order valence-corrected chi connectivity index (χ0v) is 12.6. The fourth-order valence-electron chi connectivity index (χ4n) is 2.42. The van der Waals surface area contributed by atoms with Crippen molar-refractivity contribution in [3.63, 3.8) is 0 Å². The monoisotopic (exact) mass is 243 g/mol. The number of ether oxygens (including phenoxy) is 1. The lowest BCUT2D eigenvalue weighted by Crippen LogP contribution is -2.41. The van der Waals surface area contributed by atoms with Gasteiger partial charge in [-0.2, -0.15) is 0 Å². The zero-order chi connectivity index (χ0) is 13.1. The van der Waals surface area contributed by atoms with Crippen LogP contribution < -0.4 is 5.32 Å². The standard InChI is InChI=1S/C15H33NO/c1-6-10-11-14(7-2)12-15(16-8-3)13(5)17-9-4/h13-16H,6-12H2,1-5H3. The highest BCUT2D eigenvalue weighted by molar-refractivity contribution is 4.77. The van der Waals surface area contributed by atoms with Crippen molar-refractivity contribution in [1.82, 2.24) is 5.32 Å². The lowest BCUT2D eigenvalue weighted by Gasteiger charge is -2.28. The average Bonchev–Trinajstić information content (AvgIpc) is 2.33. The van der Waals surface area contributed by atoms with Gasteiger partial charge in [-0.3, -0.25) is 0 Å². The minimum atomic E-state index is 0.329. The fourth-order valence-corrected chi connectivity index (χ4v) is 2.42. The minimum Gasteiger partial charge on any atom is -0.377 e. The smallest absolute Gasteiger partial charge is 0.0699 e. The van der Waals surface area contributed by atoms with Crippen LogP contribution in [0.4, 0.5) is 0 Å². The zero-order valence-electron chi connectivity index (χ0n) is 12.6. The molecule has 0 saturated carbocycles. The molecule has 0 rings (SSSR count). The Kier molecular flexibility index (Phi) is 11.0. The first-order valence-electron chi connectivity index (χ1n) is 7.54. The molecule has 0 radical (unpaired) electrons. The Bertz CT molecular complexity index is 161. The molecule has 2 nitrogen and oxygen atoms in total. The van der Waals surface area contributed by atoms with E-state index in [1.54, 1.807) is 0 Å². The van der Waals surface area contributed by atoms with Crippen LogP contribution in [0, 0.1) is 5.92 Å². The third-order valence-corrected chi connectivity index (χ3v) is 3.59. The van der Waals surface area contributed by atoms with Gasteiger partial charge >= 0.3 is 0 Å². The van der Waals surface area contributed by atoms with Gasteiger partial charge in [-0.25, -0.2) is 0 Å². The Morgan fingerprint density at radius 1 is 1.12 bits per heavy atom. The highest BCUT2D eigenvalue weighted by atomic mass is 16.5. The summed E-state index contributed by atoms with van der Waals surface area (Å²) in [6.07, 6.45) is 6.92. The van der Waals surface area contributed by atoms with Gasteiger partial charge < -0.3 is 10.1 Å². The average molecular weight is 243 g/mol. The quantitative estimate of drug-likeness (QED) is 0.592. The van der Waals surface area contributed by atoms with Gasteiger partial charge in [-0.15, -0.1) is 0 Å². The molecule has 0 aliphatic rings. The van der Waals surface area contributed by atoms with Crippen LogP contribution >= 0.6 is 0 Å². The SMILES string of the molecule is CCCCC(CC)CC(NCC)C(C)OCC. The highest BCUT2D eigenvalue weighted by Crippen LogP contribution is 2.20. The van der Waals surface area contributed by atoms with E-state index >= 15 is 0 Å². The Hall–Kier alpha value is -0.0800. The molecule has 0 bridgehead atoms. The molecule has 0 saturated heterocycles. The van der Waals surface area contributed by atoms with Crippen LogP contribution in [0.15, 0.2) is 0 Å². The van der Waals surface area contributed by atoms with Crippen LogP contribution in [-0.4, -0.2) is 25.3 Å². The minimum absolute atomic E-state index is 0.329. The Labute approximate surface area is 109 Å². The molecule has 17 heavy (non-hydrogen) atoms. The summed E-state index contributed by atoms with van der Waals surface area (Å²) in [7, 11) is 0. The number of rotatable bonds is 11. The van der Waals surface area contributed by atoms with E-state index in [2.05, 4.69) is 39.9 Å². The van der Waals surface area contributed by atoms with E-state index < -0.39 is 0 Å². The van der Waals surface area contributed by atoms with Crippen molar-refractivity contribution >= 4 is 0 Å². The van der Waals surface area contributed by atoms with Gasteiger partial charge in [0.15, 0.2) is 0 Å². The van der Waals surface area contributed by atoms with Crippen molar-refractivity contribution < 1.29 is 4.74 Å². The van der Waals surface area contributed by atoms with Crippen molar-refractivity contribution in [2.24, 2.45) is 5.92 Å². The van der Waals surface area contributed by atoms with Gasteiger partial charge in [0, 0.05) is 12.6 Å². The van der Waals surface area contributed by atoms with Crippen molar-refractivity contribution in [3.8, 4) is 0 Å². The van der Waals surface area contributed by atoms with E-state index in [-0.39, 0.29) is 0 Å². The first kappa shape index (κ1) is 16.9. The first-order valence-corrected chi connectivity index (χ1v) is 7.54. The summed E-state index contributed by atoms with van der Waals surface area (Å²) in [4.78, 5) is 0. The molecule has 0 spiro atoms. The van der Waals surface area contributed by atoms with Crippen LogP contribution in [-0.2, 0) is 4.74 Å². The predicted octanol–water partition coefficient (Wildman–Crippen LogP) is 4.00. The molecule has 2 heteroatoms. The molecule has 104 valence electrons.